The van der Waals surface area contributed by atoms with Crippen molar-refractivity contribution in [1.82, 2.24) is 10.2 Å². The number of rotatable bonds is 2. The molecule has 2 fully saturated rings. The monoisotopic (exact) mass is 210 g/mol. The quantitative estimate of drug-likeness (QED) is 0.752. The smallest absolute Gasteiger partial charge is 0.0221 e. The highest BCUT2D eigenvalue weighted by Crippen LogP contribution is 2.17. The summed E-state index contributed by atoms with van der Waals surface area (Å²) in [5, 5.41) is 3.65. The van der Waals surface area contributed by atoms with E-state index in [1.54, 1.807) is 0 Å². The van der Waals surface area contributed by atoms with Gasteiger partial charge in [-0.15, -0.1) is 0 Å². The highest BCUT2D eigenvalue weighted by molar-refractivity contribution is 4.83. The zero-order chi connectivity index (χ0) is 10.5. The lowest BCUT2D eigenvalue weighted by Gasteiger charge is -2.28. The third-order valence-electron chi connectivity index (χ3n) is 4.10. The Balaban J connectivity index is 1.75. The average Bonchev–Trinajstić information content (AvgIpc) is 2.56. The summed E-state index contributed by atoms with van der Waals surface area (Å²) in [6.07, 6.45) is 8.57. The molecule has 2 heterocycles. The van der Waals surface area contributed by atoms with Crippen molar-refractivity contribution in [3.05, 3.63) is 0 Å². The number of nitrogens with one attached hydrogen (secondary N) is 1. The van der Waals surface area contributed by atoms with Crippen LogP contribution in [0.25, 0.3) is 0 Å². The first-order chi connectivity index (χ1) is 7.36. The molecule has 2 nitrogen and oxygen atoms in total. The van der Waals surface area contributed by atoms with Gasteiger partial charge in [0.25, 0.3) is 0 Å². The molecule has 0 amide bonds. The van der Waals surface area contributed by atoms with Crippen molar-refractivity contribution < 1.29 is 0 Å². The zero-order valence-electron chi connectivity index (χ0n) is 10.2. The molecule has 0 bridgehead atoms. The fraction of sp³-hybridized carbons (Fsp3) is 1.00. The lowest BCUT2D eigenvalue weighted by atomic mass is 10.0. The van der Waals surface area contributed by atoms with Gasteiger partial charge in [0.1, 0.15) is 0 Å². The molecule has 2 aliphatic heterocycles. The summed E-state index contributed by atoms with van der Waals surface area (Å²) < 4.78 is 0. The standard InChI is InChI=1S/C13H26N2/c1-12-7-8-14-13(12)11-15-9-5-3-2-4-6-10-15/h12-14H,2-11H2,1H3. The van der Waals surface area contributed by atoms with E-state index in [1.165, 1.54) is 64.7 Å². The number of likely N-dealkylation sites (tertiary alicyclic amines) is 1. The van der Waals surface area contributed by atoms with Gasteiger partial charge in [-0.05, 0) is 44.8 Å². The molecule has 88 valence electrons. The summed E-state index contributed by atoms with van der Waals surface area (Å²) in [6, 6.07) is 0.768. The fourth-order valence-electron chi connectivity index (χ4n) is 2.92. The van der Waals surface area contributed by atoms with Gasteiger partial charge in [-0.2, -0.15) is 0 Å². The molecular weight excluding hydrogens is 184 g/mol. The predicted molar refractivity (Wildman–Crippen MR) is 65.1 cm³/mol. The number of hydrogen-bond donors (Lipinski definition) is 1. The lowest BCUT2D eigenvalue weighted by Crippen LogP contribution is -2.41. The Bertz CT molecular complexity index is 173. The van der Waals surface area contributed by atoms with Crippen LogP contribution in [-0.2, 0) is 0 Å². The summed E-state index contributed by atoms with van der Waals surface area (Å²) >= 11 is 0. The van der Waals surface area contributed by atoms with Gasteiger partial charge in [0, 0.05) is 12.6 Å². The molecule has 2 unspecified atom stereocenters. The van der Waals surface area contributed by atoms with E-state index in [4.69, 9.17) is 0 Å². The van der Waals surface area contributed by atoms with E-state index in [-0.39, 0.29) is 0 Å². The van der Waals surface area contributed by atoms with Crippen LogP contribution in [0.15, 0.2) is 0 Å². The van der Waals surface area contributed by atoms with Gasteiger partial charge in [0.2, 0.25) is 0 Å². The van der Waals surface area contributed by atoms with Gasteiger partial charge in [0.05, 0.1) is 0 Å². The maximum Gasteiger partial charge on any atom is 0.0221 e. The molecule has 0 aromatic rings. The van der Waals surface area contributed by atoms with Crippen molar-refractivity contribution in [3.63, 3.8) is 0 Å². The van der Waals surface area contributed by atoms with Gasteiger partial charge in [-0.25, -0.2) is 0 Å². The molecule has 0 aromatic heterocycles. The Kier molecular flexibility index (Phi) is 4.45. The Hall–Kier alpha value is -0.0800. The molecule has 2 saturated heterocycles. The van der Waals surface area contributed by atoms with Crippen LogP contribution in [0.5, 0.6) is 0 Å². The first kappa shape index (κ1) is 11.4. The summed E-state index contributed by atoms with van der Waals surface area (Å²) in [5.41, 5.74) is 0. The Labute approximate surface area is 94.4 Å². The minimum Gasteiger partial charge on any atom is -0.312 e. The molecule has 0 spiro atoms. The fourth-order valence-corrected chi connectivity index (χ4v) is 2.92. The first-order valence-corrected chi connectivity index (χ1v) is 6.82. The Morgan fingerprint density at radius 1 is 1.07 bits per heavy atom. The highest BCUT2D eigenvalue weighted by atomic mass is 15.2. The van der Waals surface area contributed by atoms with Crippen LogP contribution in [0.4, 0.5) is 0 Å². The number of hydrogen-bond acceptors (Lipinski definition) is 2. The number of nitrogens with zero attached hydrogens (tertiary/aromatic N) is 1. The predicted octanol–water partition coefficient (Wildman–Crippen LogP) is 2.25. The van der Waals surface area contributed by atoms with E-state index in [9.17, 15) is 0 Å². The minimum atomic E-state index is 0.768. The van der Waals surface area contributed by atoms with Gasteiger partial charge >= 0.3 is 0 Å². The van der Waals surface area contributed by atoms with Gasteiger partial charge in [0.15, 0.2) is 0 Å². The van der Waals surface area contributed by atoms with Crippen molar-refractivity contribution in [1.29, 1.82) is 0 Å². The third kappa shape index (κ3) is 3.46. The molecular formula is C13H26N2. The molecule has 0 radical (unpaired) electrons. The zero-order valence-corrected chi connectivity index (χ0v) is 10.2. The Morgan fingerprint density at radius 2 is 1.73 bits per heavy atom. The van der Waals surface area contributed by atoms with Gasteiger partial charge < -0.3 is 10.2 Å². The maximum atomic E-state index is 3.65. The molecule has 2 heteroatoms. The van der Waals surface area contributed by atoms with Crippen molar-refractivity contribution in [3.8, 4) is 0 Å². The van der Waals surface area contributed by atoms with Crippen molar-refractivity contribution in [2.45, 2.75) is 51.5 Å². The summed E-state index contributed by atoms with van der Waals surface area (Å²) in [4.78, 5) is 2.69. The molecule has 2 rings (SSSR count). The third-order valence-corrected chi connectivity index (χ3v) is 4.10. The van der Waals surface area contributed by atoms with Crippen molar-refractivity contribution in [2.75, 3.05) is 26.2 Å². The molecule has 2 aliphatic rings. The van der Waals surface area contributed by atoms with E-state index in [1.807, 2.05) is 0 Å². The van der Waals surface area contributed by atoms with Crippen LogP contribution in [0, 0.1) is 5.92 Å². The summed E-state index contributed by atoms with van der Waals surface area (Å²) in [7, 11) is 0. The van der Waals surface area contributed by atoms with Crippen LogP contribution in [0.2, 0.25) is 0 Å². The Morgan fingerprint density at radius 3 is 2.33 bits per heavy atom. The minimum absolute atomic E-state index is 0.768. The first-order valence-electron chi connectivity index (χ1n) is 6.82. The largest absolute Gasteiger partial charge is 0.312 e. The highest BCUT2D eigenvalue weighted by Gasteiger charge is 2.24. The SMILES string of the molecule is CC1CCNC1CN1CCCCCCC1. The van der Waals surface area contributed by atoms with Crippen LogP contribution in [0.1, 0.15) is 45.4 Å². The maximum absolute atomic E-state index is 3.65. The molecule has 0 aromatic carbocycles. The second-order valence-electron chi connectivity index (χ2n) is 5.39. The van der Waals surface area contributed by atoms with Crippen LogP contribution < -0.4 is 5.32 Å². The normalized spacial score (nSPS) is 35.0. The van der Waals surface area contributed by atoms with Crippen LogP contribution >= 0.6 is 0 Å². The molecule has 0 aliphatic carbocycles. The van der Waals surface area contributed by atoms with Crippen LogP contribution in [0.3, 0.4) is 0 Å². The molecule has 15 heavy (non-hydrogen) atoms. The topological polar surface area (TPSA) is 15.3 Å². The van der Waals surface area contributed by atoms with Crippen molar-refractivity contribution in [2.24, 2.45) is 5.92 Å². The average molecular weight is 210 g/mol. The van der Waals surface area contributed by atoms with E-state index in [0.29, 0.717) is 0 Å². The van der Waals surface area contributed by atoms with Crippen LogP contribution in [-0.4, -0.2) is 37.1 Å². The van der Waals surface area contributed by atoms with Gasteiger partial charge in [-0.3, -0.25) is 0 Å². The van der Waals surface area contributed by atoms with E-state index >= 15 is 0 Å². The van der Waals surface area contributed by atoms with Crippen molar-refractivity contribution >= 4 is 0 Å². The van der Waals surface area contributed by atoms with E-state index < -0.39 is 0 Å². The van der Waals surface area contributed by atoms with Gasteiger partial charge in [-0.1, -0.05) is 26.2 Å². The van der Waals surface area contributed by atoms with E-state index in [2.05, 4.69) is 17.1 Å². The molecule has 1 N–H and O–H groups in total. The second kappa shape index (κ2) is 5.86. The van der Waals surface area contributed by atoms with E-state index in [0.717, 1.165) is 12.0 Å². The molecule has 0 saturated carbocycles. The summed E-state index contributed by atoms with van der Waals surface area (Å²) in [5.74, 6) is 0.885. The molecule has 2 atom stereocenters. The lowest BCUT2D eigenvalue weighted by molar-refractivity contribution is 0.215. The second-order valence-corrected chi connectivity index (χ2v) is 5.39. The summed E-state index contributed by atoms with van der Waals surface area (Å²) in [6.45, 7) is 7.60.